The van der Waals surface area contributed by atoms with Crippen molar-refractivity contribution in [3.8, 4) is 0 Å². The number of carbonyl (C=O) groups excluding carboxylic acids is 2. The molecule has 2 aliphatic rings. The highest BCUT2D eigenvalue weighted by atomic mass is 35.5. The van der Waals surface area contributed by atoms with E-state index in [0.29, 0.717) is 45.6 Å². The number of carbonyl (C=O) groups is 2. The maximum absolute atomic E-state index is 13.5. The zero-order chi connectivity index (χ0) is 23.2. The van der Waals surface area contributed by atoms with Crippen LogP contribution in [-0.4, -0.2) is 22.4 Å². The van der Waals surface area contributed by atoms with Gasteiger partial charge in [0.05, 0.1) is 16.0 Å². The summed E-state index contributed by atoms with van der Waals surface area (Å²) in [6, 6.07) is 8.98. The molecular formula is C25H25Cl2N3O2. The molecule has 0 fully saturated rings. The number of pyridine rings is 1. The normalized spacial score (nSPS) is 22.3. The van der Waals surface area contributed by atoms with Crippen LogP contribution in [0, 0.1) is 18.3 Å². The van der Waals surface area contributed by atoms with Crippen LogP contribution in [0.4, 0.5) is 5.82 Å². The van der Waals surface area contributed by atoms with Gasteiger partial charge in [0.25, 0.3) is 0 Å². The molecule has 1 N–H and O–H groups in total. The maximum atomic E-state index is 13.5. The number of amides is 1. The van der Waals surface area contributed by atoms with E-state index in [0.717, 1.165) is 11.3 Å². The van der Waals surface area contributed by atoms with Crippen molar-refractivity contribution in [2.45, 2.75) is 46.5 Å². The molecule has 1 aliphatic heterocycles. The molecule has 1 aromatic carbocycles. The highest BCUT2D eigenvalue weighted by Crippen LogP contribution is 2.49. The third kappa shape index (κ3) is 4.24. The molecule has 1 aromatic heterocycles. The molecule has 1 unspecified atom stereocenters. The largest absolute Gasteiger partial charge is 0.310 e. The Bertz CT molecular complexity index is 1180. The second-order valence-corrected chi connectivity index (χ2v) is 10.1. The van der Waals surface area contributed by atoms with Gasteiger partial charge in [0.1, 0.15) is 5.82 Å². The molecule has 0 bridgehead atoms. The lowest BCUT2D eigenvalue weighted by molar-refractivity contribution is -0.119. The van der Waals surface area contributed by atoms with Crippen LogP contribution in [0.3, 0.4) is 0 Å². The van der Waals surface area contributed by atoms with E-state index < -0.39 is 11.8 Å². The summed E-state index contributed by atoms with van der Waals surface area (Å²) in [5, 5.41) is 3.64. The minimum atomic E-state index is -0.711. The Balaban J connectivity index is 1.84. The molecule has 0 radical (unpaired) electrons. The highest BCUT2D eigenvalue weighted by Gasteiger charge is 2.46. The van der Waals surface area contributed by atoms with Crippen molar-refractivity contribution in [2.75, 3.05) is 5.32 Å². The fourth-order valence-corrected chi connectivity index (χ4v) is 5.12. The van der Waals surface area contributed by atoms with E-state index in [4.69, 9.17) is 28.2 Å². The summed E-state index contributed by atoms with van der Waals surface area (Å²) < 4.78 is 0. The summed E-state index contributed by atoms with van der Waals surface area (Å²) in [6.45, 7) is 7.88. The van der Waals surface area contributed by atoms with Crippen molar-refractivity contribution in [1.82, 2.24) is 4.98 Å². The van der Waals surface area contributed by atoms with E-state index in [-0.39, 0.29) is 17.1 Å². The number of Topliss-reactive ketones (excluding diaryl/α,β-unsaturated/α-hetero) is 1. The van der Waals surface area contributed by atoms with Crippen molar-refractivity contribution in [2.24, 2.45) is 16.3 Å². The second kappa shape index (κ2) is 8.45. The molecule has 1 aliphatic carbocycles. The second-order valence-electron chi connectivity index (χ2n) is 9.36. The maximum Gasteiger partial charge on any atom is 0.235 e. The number of hydrogen-bond acceptors (Lipinski definition) is 4. The van der Waals surface area contributed by atoms with Crippen LogP contribution in [0.25, 0.3) is 0 Å². The number of rotatable bonds is 3. The summed E-state index contributed by atoms with van der Waals surface area (Å²) >= 11 is 12.9. The van der Waals surface area contributed by atoms with E-state index in [1.54, 1.807) is 24.4 Å². The van der Waals surface area contributed by atoms with Gasteiger partial charge in [-0.25, -0.2) is 4.98 Å². The average Bonchev–Trinajstić information content (AvgIpc) is 2.68. The first-order valence-corrected chi connectivity index (χ1v) is 11.3. The van der Waals surface area contributed by atoms with Crippen molar-refractivity contribution in [1.29, 1.82) is 0 Å². The topological polar surface area (TPSA) is 71.4 Å². The summed E-state index contributed by atoms with van der Waals surface area (Å²) in [4.78, 5) is 35.9. The average molecular weight is 470 g/mol. The van der Waals surface area contributed by atoms with Gasteiger partial charge >= 0.3 is 0 Å². The van der Waals surface area contributed by atoms with Crippen LogP contribution in [-0.2, 0) is 9.59 Å². The lowest BCUT2D eigenvalue weighted by Gasteiger charge is -2.39. The number of halogens is 2. The fraction of sp³-hybridized carbons (Fsp3) is 0.360. The first-order valence-electron chi connectivity index (χ1n) is 10.6. The lowest BCUT2D eigenvalue weighted by Crippen LogP contribution is -2.41. The number of ketones is 1. The minimum Gasteiger partial charge on any atom is -0.310 e. The third-order valence-corrected chi connectivity index (χ3v) is 6.90. The van der Waals surface area contributed by atoms with Crippen LogP contribution in [0.5, 0.6) is 0 Å². The molecule has 1 amide bonds. The zero-order valence-corrected chi connectivity index (χ0v) is 20.0. The van der Waals surface area contributed by atoms with Gasteiger partial charge in [0, 0.05) is 35.5 Å². The molecule has 166 valence electrons. The smallest absolute Gasteiger partial charge is 0.235 e. The lowest BCUT2D eigenvalue weighted by atomic mass is 9.66. The zero-order valence-electron chi connectivity index (χ0n) is 18.5. The number of allylic oxidation sites excluding steroid dienone is 2. The van der Waals surface area contributed by atoms with Crippen LogP contribution < -0.4 is 5.32 Å². The van der Waals surface area contributed by atoms with Gasteiger partial charge in [-0.3, -0.25) is 14.6 Å². The van der Waals surface area contributed by atoms with E-state index in [1.165, 1.54) is 0 Å². The van der Waals surface area contributed by atoms with E-state index in [1.807, 2.05) is 26.0 Å². The molecule has 2 heterocycles. The Labute approximate surface area is 197 Å². The Morgan fingerprint density at radius 3 is 2.62 bits per heavy atom. The monoisotopic (exact) mass is 469 g/mol. The van der Waals surface area contributed by atoms with E-state index in [9.17, 15) is 9.59 Å². The molecule has 2 atom stereocenters. The van der Waals surface area contributed by atoms with E-state index >= 15 is 0 Å². The number of nitrogens with zero attached hydrogens (tertiary/aromatic N) is 2. The molecule has 0 spiro atoms. The SMILES string of the molecule is CC1=NC2=C(C(=O)CC(C)(C)C2)[C@@H](c2cccc(Cl)c2Cl)C1C(=O)Nc1cc(C)ccn1. The van der Waals surface area contributed by atoms with Crippen molar-refractivity contribution in [3.05, 3.63) is 69.0 Å². The van der Waals surface area contributed by atoms with Crippen molar-refractivity contribution >= 4 is 46.4 Å². The van der Waals surface area contributed by atoms with Gasteiger partial charge in [-0.2, -0.15) is 0 Å². The predicted molar refractivity (Wildman–Crippen MR) is 128 cm³/mol. The number of nitrogens with one attached hydrogen (secondary N) is 1. The van der Waals surface area contributed by atoms with Crippen molar-refractivity contribution in [3.63, 3.8) is 0 Å². The van der Waals surface area contributed by atoms with Crippen LogP contribution in [0.15, 0.2) is 52.8 Å². The van der Waals surface area contributed by atoms with Gasteiger partial charge in [-0.05, 0) is 55.0 Å². The molecule has 5 nitrogen and oxygen atoms in total. The van der Waals surface area contributed by atoms with Gasteiger partial charge in [-0.15, -0.1) is 0 Å². The fourth-order valence-electron chi connectivity index (χ4n) is 4.69. The summed E-state index contributed by atoms with van der Waals surface area (Å²) in [6.07, 6.45) is 2.70. The molecule has 4 rings (SSSR count). The first kappa shape index (κ1) is 22.7. The predicted octanol–water partition coefficient (Wildman–Crippen LogP) is 6.15. The van der Waals surface area contributed by atoms with Gasteiger partial charge in [0.2, 0.25) is 5.91 Å². The van der Waals surface area contributed by atoms with Gasteiger partial charge < -0.3 is 5.32 Å². The minimum absolute atomic E-state index is 0.0000210. The standard InChI is InChI=1S/C25H25Cl2N3O2/c1-13-8-9-28-19(10-13)30-24(32)20-14(2)29-17-11-25(3,4)12-18(31)22(17)21(20)15-6-5-7-16(26)23(15)27/h5-10,20-21H,11-12H2,1-4H3,(H,28,30,32)/t20?,21-/m0/s1. The summed E-state index contributed by atoms with van der Waals surface area (Å²) in [5.74, 6) is -1.11. The number of aryl methyl sites for hydroxylation is 1. The van der Waals surface area contributed by atoms with Crippen LogP contribution >= 0.6 is 23.2 Å². The molecule has 7 heteroatoms. The van der Waals surface area contributed by atoms with Gasteiger partial charge in [0.15, 0.2) is 5.78 Å². The van der Waals surface area contributed by atoms with Crippen molar-refractivity contribution < 1.29 is 9.59 Å². The molecular weight excluding hydrogens is 445 g/mol. The van der Waals surface area contributed by atoms with Gasteiger partial charge in [-0.1, -0.05) is 49.2 Å². The Kier molecular flexibility index (Phi) is 5.99. The molecule has 0 saturated carbocycles. The Morgan fingerprint density at radius 2 is 1.91 bits per heavy atom. The number of aliphatic imine (C=N–C) groups is 1. The summed E-state index contributed by atoms with van der Waals surface area (Å²) in [5.41, 5.74) is 3.39. The number of hydrogen-bond donors (Lipinski definition) is 1. The third-order valence-electron chi connectivity index (χ3n) is 6.07. The highest BCUT2D eigenvalue weighted by molar-refractivity contribution is 6.42. The molecule has 0 saturated heterocycles. The van der Waals surface area contributed by atoms with Crippen LogP contribution in [0.1, 0.15) is 50.7 Å². The molecule has 32 heavy (non-hydrogen) atoms. The number of benzene rings is 1. The molecule has 2 aromatic rings. The van der Waals surface area contributed by atoms with Crippen LogP contribution in [0.2, 0.25) is 10.0 Å². The Morgan fingerprint density at radius 1 is 1.16 bits per heavy atom. The Hall–Kier alpha value is -2.50. The quantitative estimate of drug-likeness (QED) is 0.585. The summed E-state index contributed by atoms with van der Waals surface area (Å²) in [7, 11) is 0. The van der Waals surface area contributed by atoms with E-state index in [2.05, 4.69) is 24.1 Å². The number of aromatic nitrogens is 1. The number of anilines is 1. The first-order chi connectivity index (χ1) is 15.1.